The van der Waals surface area contributed by atoms with Crippen molar-refractivity contribution in [1.82, 2.24) is 10.0 Å². The Bertz CT molecular complexity index is 308. The van der Waals surface area contributed by atoms with Crippen LogP contribution in [0.2, 0.25) is 0 Å². The first-order valence-electron chi connectivity index (χ1n) is 6.62. The van der Waals surface area contributed by atoms with E-state index in [1.165, 1.54) is 0 Å². The number of hydrogen-bond donors (Lipinski definition) is 2. The Morgan fingerprint density at radius 2 is 2.00 bits per heavy atom. The maximum atomic E-state index is 11.9. The van der Waals surface area contributed by atoms with Gasteiger partial charge in [0.2, 0.25) is 10.0 Å². The maximum absolute atomic E-state index is 11.9. The first kappa shape index (κ1) is 14.9. The van der Waals surface area contributed by atoms with Crippen molar-refractivity contribution in [3.05, 3.63) is 0 Å². The highest BCUT2D eigenvalue weighted by atomic mass is 32.2. The van der Waals surface area contributed by atoms with Crippen molar-refractivity contribution in [3.63, 3.8) is 0 Å². The van der Waals surface area contributed by atoms with Gasteiger partial charge in [0.05, 0.1) is 5.75 Å². The highest BCUT2D eigenvalue weighted by Crippen LogP contribution is 2.10. The number of hydrogen-bond acceptors (Lipinski definition) is 3. The molecule has 4 nitrogen and oxygen atoms in total. The van der Waals surface area contributed by atoms with Crippen LogP contribution in [0.4, 0.5) is 0 Å². The van der Waals surface area contributed by atoms with Crippen molar-refractivity contribution in [3.8, 4) is 0 Å². The summed E-state index contributed by atoms with van der Waals surface area (Å²) in [6, 6.07) is 0.163. The predicted molar refractivity (Wildman–Crippen MR) is 71.5 cm³/mol. The highest BCUT2D eigenvalue weighted by molar-refractivity contribution is 7.89. The molecule has 5 heteroatoms. The zero-order chi connectivity index (χ0) is 12.9. The molecule has 0 aromatic carbocycles. The maximum Gasteiger partial charge on any atom is 0.213 e. The summed E-state index contributed by atoms with van der Waals surface area (Å²) in [7, 11) is -3.14. The molecule has 2 N–H and O–H groups in total. The molecule has 1 heterocycles. The minimum atomic E-state index is -3.14. The third-order valence-corrected chi connectivity index (χ3v) is 4.64. The first-order chi connectivity index (χ1) is 7.89. The van der Waals surface area contributed by atoms with Gasteiger partial charge < -0.3 is 5.32 Å². The van der Waals surface area contributed by atoms with E-state index in [1.807, 2.05) is 6.92 Å². The number of piperidine rings is 1. The largest absolute Gasteiger partial charge is 0.313 e. The number of rotatable bonds is 6. The molecule has 0 aromatic heterocycles. The Kier molecular flexibility index (Phi) is 5.89. The summed E-state index contributed by atoms with van der Waals surface area (Å²) in [6.07, 6.45) is 4.15. The van der Waals surface area contributed by atoms with Crippen LogP contribution in [0.3, 0.4) is 0 Å². The molecule has 2 unspecified atom stereocenters. The van der Waals surface area contributed by atoms with Gasteiger partial charge in [-0.1, -0.05) is 20.3 Å². The van der Waals surface area contributed by atoms with Crippen molar-refractivity contribution in [1.29, 1.82) is 0 Å². The average Bonchev–Trinajstić information content (AvgIpc) is 2.15. The molecule has 102 valence electrons. The van der Waals surface area contributed by atoms with Crippen LogP contribution < -0.4 is 10.0 Å². The third kappa shape index (κ3) is 6.38. The highest BCUT2D eigenvalue weighted by Gasteiger charge is 2.22. The van der Waals surface area contributed by atoms with Crippen molar-refractivity contribution < 1.29 is 8.42 Å². The zero-order valence-electron chi connectivity index (χ0n) is 11.2. The number of nitrogens with one attached hydrogen (secondary N) is 2. The molecule has 0 bridgehead atoms. The fraction of sp³-hybridized carbons (Fsp3) is 1.00. The van der Waals surface area contributed by atoms with E-state index in [2.05, 4.69) is 23.9 Å². The Labute approximate surface area is 106 Å². The Hall–Kier alpha value is -0.130. The molecule has 1 saturated heterocycles. The Morgan fingerprint density at radius 1 is 1.29 bits per heavy atom. The van der Waals surface area contributed by atoms with Gasteiger partial charge in [0.15, 0.2) is 0 Å². The van der Waals surface area contributed by atoms with E-state index in [4.69, 9.17) is 0 Å². The minimum absolute atomic E-state index is 0.0311. The second-order valence-corrected chi connectivity index (χ2v) is 7.38. The van der Waals surface area contributed by atoms with E-state index >= 15 is 0 Å². The second-order valence-electron chi connectivity index (χ2n) is 5.58. The van der Waals surface area contributed by atoms with Gasteiger partial charge in [-0.2, -0.15) is 0 Å². The lowest BCUT2D eigenvalue weighted by atomic mass is 10.1. The Morgan fingerprint density at radius 3 is 2.53 bits per heavy atom. The smallest absolute Gasteiger partial charge is 0.213 e. The van der Waals surface area contributed by atoms with Gasteiger partial charge in [-0.05, 0) is 38.6 Å². The van der Waals surface area contributed by atoms with Crippen molar-refractivity contribution in [2.75, 3.05) is 12.3 Å². The molecular formula is C12H26N2O2S. The van der Waals surface area contributed by atoms with Crippen LogP contribution in [0.1, 0.15) is 46.5 Å². The molecule has 1 fully saturated rings. The monoisotopic (exact) mass is 262 g/mol. The quantitative estimate of drug-likeness (QED) is 0.762. The van der Waals surface area contributed by atoms with Crippen LogP contribution in [0.25, 0.3) is 0 Å². The molecule has 1 aliphatic heterocycles. The van der Waals surface area contributed by atoms with Gasteiger partial charge >= 0.3 is 0 Å². The lowest BCUT2D eigenvalue weighted by Gasteiger charge is -2.24. The molecular weight excluding hydrogens is 236 g/mol. The summed E-state index contributed by atoms with van der Waals surface area (Å²) in [5, 5.41) is 3.27. The molecule has 0 saturated carbocycles. The number of sulfonamides is 1. The lowest BCUT2D eigenvalue weighted by Crippen LogP contribution is -2.44. The van der Waals surface area contributed by atoms with Gasteiger partial charge in [-0.3, -0.25) is 0 Å². The zero-order valence-corrected chi connectivity index (χ0v) is 12.0. The van der Waals surface area contributed by atoms with Gasteiger partial charge in [-0.15, -0.1) is 0 Å². The fourth-order valence-corrected chi connectivity index (χ4v) is 4.06. The predicted octanol–water partition coefficient (Wildman–Crippen LogP) is 1.48. The standard InChI is InChI=1S/C12H26N2O2S/c1-10(2)8-11(3)14-17(15,16)9-12-6-4-5-7-13-12/h10-14H,4-9H2,1-3H3. The van der Waals surface area contributed by atoms with Crippen LogP contribution in [0.15, 0.2) is 0 Å². The summed E-state index contributed by atoms with van der Waals surface area (Å²) in [6.45, 7) is 7.09. The van der Waals surface area contributed by atoms with Crippen LogP contribution in [-0.2, 0) is 10.0 Å². The van der Waals surface area contributed by atoms with Crippen molar-refractivity contribution >= 4 is 10.0 Å². The van der Waals surface area contributed by atoms with E-state index in [0.29, 0.717) is 5.92 Å². The van der Waals surface area contributed by atoms with Crippen LogP contribution in [0, 0.1) is 5.92 Å². The normalized spacial score (nSPS) is 23.9. The van der Waals surface area contributed by atoms with E-state index in [9.17, 15) is 8.42 Å². The Balaban J connectivity index is 2.39. The second kappa shape index (κ2) is 6.71. The van der Waals surface area contributed by atoms with E-state index in [-0.39, 0.29) is 17.8 Å². The summed E-state index contributed by atoms with van der Waals surface area (Å²) in [5.41, 5.74) is 0. The van der Waals surface area contributed by atoms with Crippen molar-refractivity contribution in [2.24, 2.45) is 5.92 Å². The molecule has 2 atom stereocenters. The molecule has 0 aromatic rings. The fourth-order valence-electron chi connectivity index (χ4n) is 2.44. The van der Waals surface area contributed by atoms with Gasteiger partial charge in [0, 0.05) is 12.1 Å². The third-order valence-electron chi connectivity index (χ3n) is 3.04. The van der Waals surface area contributed by atoms with Gasteiger partial charge in [0.1, 0.15) is 0 Å². The average molecular weight is 262 g/mol. The summed E-state index contributed by atoms with van der Waals surface area (Å²) < 4.78 is 26.6. The van der Waals surface area contributed by atoms with Gasteiger partial charge in [0.25, 0.3) is 0 Å². The topological polar surface area (TPSA) is 58.2 Å². The molecule has 0 spiro atoms. The SMILES string of the molecule is CC(C)CC(C)NS(=O)(=O)CC1CCCCN1. The molecule has 17 heavy (non-hydrogen) atoms. The van der Waals surface area contributed by atoms with E-state index < -0.39 is 10.0 Å². The van der Waals surface area contributed by atoms with Crippen LogP contribution >= 0.6 is 0 Å². The molecule has 0 amide bonds. The first-order valence-corrected chi connectivity index (χ1v) is 8.27. The molecule has 0 radical (unpaired) electrons. The molecule has 1 rings (SSSR count). The van der Waals surface area contributed by atoms with Crippen LogP contribution in [0.5, 0.6) is 0 Å². The summed E-state index contributed by atoms with van der Waals surface area (Å²) in [5.74, 6) is 0.732. The minimum Gasteiger partial charge on any atom is -0.313 e. The summed E-state index contributed by atoms with van der Waals surface area (Å²) in [4.78, 5) is 0. The van der Waals surface area contributed by atoms with Gasteiger partial charge in [-0.25, -0.2) is 13.1 Å². The lowest BCUT2D eigenvalue weighted by molar-refractivity contribution is 0.419. The van der Waals surface area contributed by atoms with E-state index in [1.54, 1.807) is 0 Å². The summed E-state index contributed by atoms with van der Waals surface area (Å²) >= 11 is 0. The van der Waals surface area contributed by atoms with Crippen LogP contribution in [-0.4, -0.2) is 32.8 Å². The molecule has 0 aliphatic carbocycles. The van der Waals surface area contributed by atoms with Crippen molar-refractivity contribution in [2.45, 2.75) is 58.5 Å². The van der Waals surface area contributed by atoms with E-state index in [0.717, 1.165) is 32.2 Å². The molecule has 1 aliphatic rings.